The van der Waals surface area contributed by atoms with Crippen LogP contribution in [-0.4, -0.2) is 70.5 Å². The average Bonchev–Trinajstić information content (AvgIpc) is 2.80. The Bertz CT molecular complexity index is 1120. The molecule has 2 heterocycles. The summed E-state index contributed by atoms with van der Waals surface area (Å²) in [6, 6.07) is 9.88. The minimum atomic E-state index is -3.84. The Morgan fingerprint density at radius 2 is 1.78 bits per heavy atom. The maximum Gasteiger partial charge on any atom is 0.255 e. The van der Waals surface area contributed by atoms with Crippen molar-refractivity contribution < 1.29 is 27.1 Å². The van der Waals surface area contributed by atoms with E-state index in [4.69, 9.17) is 4.74 Å². The van der Waals surface area contributed by atoms with Crippen LogP contribution in [0.15, 0.2) is 47.4 Å². The van der Waals surface area contributed by atoms with Crippen LogP contribution in [-0.2, 0) is 19.6 Å². The number of sulfonamides is 1. The van der Waals surface area contributed by atoms with Crippen LogP contribution in [0.3, 0.4) is 0 Å². The number of carbonyl (C=O) groups excluding carboxylic acids is 2. The van der Waals surface area contributed by atoms with E-state index in [1.807, 2.05) is 4.90 Å². The second-order valence-corrected chi connectivity index (χ2v) is 9.37. The fraction of sp³-hybridized carbons (Fsp3) is 0.333. The van der Waals surface area contributed by atoms with Crippen LogP contribution in [0, 0.1) is 5.82 Å². The maximum absolute atomic E-state index is 14.5. The van der Waals surface area contributed by atoms with Crippen molar-refractivity contribution in [2.45, 2.75) is 4.90 Å². The van der Waals surface area contributed by atoms with Gasteiger partial charge in [-0.15, -0.1) is 0 Å². The molecule has 2 saturated heterocycles. The minimum absolute atomic E-state index is 0.00958. The molecular weight excluding hydrogens is 439 g/mol. The number of nitrogens with zero attached hydrogens (tertiary/aromatic N) is 2. The van der Waals surface area contributed by atoms with Crippen molar-refractivity contribution in [2.24, 2.45) is 0 Å². The monoisotopic (exact) mass is 462 g/mol. The Balaban J connectivity index is 1.44. The lowest BCUT2D eigenvalue weighted by Gasteiger charge is -2.29. The van der Waals surface area contributed by atoms with Crippen LogP contribution in [0.2, 0.25) is 0 Å². The molecule has 0 bridgehead atoms. The summed E-state index contributed by atoms with van der Waals surface area (Å²) in [6.45, 7) is 2.46. The van der Waals surface area contributed by atoms with E-state index in [0.29, 0.717) is 37.7 Å². The van der Waals surface area contributed by atoms with Gasteiger partial charge in [-0.05, 0) is 42.5 Å². The van der Waals surface area contributed by atoms with Crippen molar-refractivity contribution >= 4 is 33.2 Å². The van der Waals surface area contributed by atoms with Gasteiger partial charge in [-0.25, -0.2) is 12.8 Å². The molecule has 0 saturated carbocycles. The Morgan fingerprint density at radius 3 is 2.44 bits per heavy atom. The largest absolute Gasteiger partial charge is 0.378 e. The lowest BCUT2D eigenvalue weighted by molar-refractivity contribution is -0.122. The Morgan fingerprint density at radius 1 is 1.06 bits per heavy atom. The van der Waals surface area contributed by atoms with Gasteiger partial charge in [-0.1, -0.05) is 0 Å². The zero-order chi connectivity index (χ0) is 22.7. The van der Waals surface area contributed by atoms with Crippen LogP contribution in [0.25, 0.3) is 0 Å². The molecule has 0 aromatic heterocycles. The Kier molecular flexibility index (Phi) is 6.40. The first-order chi connectivity index (χ1) is 15.3. The van der Waals surface area contributed by atoms with E-state index in [2.05, 4.69) is 10.6 Å². The normalized spacial score (nSPS) is 17.7. The zero-order valence-corrected chi connectivity index (χ0v) is 18.0. The lowest BCUT2D eigenvalue weighted by Crippen LogP contribution is -2.49. The number of carbonyl (C=O) groups is 2. The van der Waals surface area contributed by atoms with E-state index in [1.165, 1.54) is 30.3 Å². The van der Waals surface area contributed by atoms with Gasteiger partial charge in [0.2, 0.25) is 15.9 Å². The molecule has 2 aliphatic rings. The van der Waals surface area contributed by atoms with Gasteiger partial charge in [0.15, 0.2) is 0 Å². The second-order valence-electron chi connectivity index (χ2n) is 7.43. The van der Waals surface area contributed by atoms with Gasteiger partial charge in [-0.2, -0.15) is 4.31 Å². The number of benzene rings is 2. The Hall–Kier alpha value is -3.02. The van der Waals surface area contributed by atoms with Gasteiger partial charge < -0.3 is 20.3 Å². The van der Waals surface area contributed by atoms with E-state index >= 15 is 0 Å². The van der Waals surface area contributed by atoms with E-state index < -0.39 is 21.7 Å². The molecule has 2 N–H and O–H groups in total. The van der Waals surface area contributed by atoms with Crippen LogP contribution in [0.1, 0.15) is 10.4 Å². The number of hydrogen-bond donors (Lipinski definition) is 2. The van der Waals surface area contributed by atoms with Gasteiger partial charge >= 0.3 is 0 Å². The minimum Gasteiger partial charge on any atom is -0.378 e. The molecule has 4 rings (SSSR count). The smallest absolute Gasteiger partial charge is 0.255 e. The number of nitrogens with one attached hydrogen (secondary N) is 2. The predicted molar refractivity (Wildman–Crippen MR) is 116 cm³/mol. The van der Waals surface area contributed by atoms with E-state index in [-0.39, 0.29) is 36.0 Å². The third kappa shape index (κ3) is 4.74. The maximum atomic E-state index is 14.5. The molecule has 0 aliphatic carbocycles. The molecule has 0 radical (unpaired) electrons. The third-order valence-electron chi connectivity index (χ3n) is 5.31. The summed E-state index contributed by atoms with van der Waals surface area (Å²) in [6.07, 6.45) is 0. The zero-order valence-electron chi connectivity index (χ0n) is 17.2. The highest BCUT2D eigenvalue weighted by Gasteiger charge is 2.29. The lowest BCUT2D eigenvalue weighted by atomic mass is 10.2. The summed E-state index contributed by atoms with van der Waals surface area (Å²) in [7, 11) is -3.84. The molecule has 11 heteroatoms. The van der Waals surface area contributed by atoms with Crippen molar-refractivity contribution in [3.63, 3.8) is 0 Å². The van der Waals surface area contributed by atoms with Crippen LogP contribution in [0.4, 0.5) is 15.8 Å². The number of ether oxygens (including phenoxy) is 1. The fourth-order valence-electron chi connectivity index (χ4n) is 3.60. The number of anilines is 2. The van der Waals surface area contributed by atoms with Gasteiger partial charge in [0, 0.05) is 37.4 Å². The molecule has 2 aromatic carbocycles. The summed E-state index contributed by atoms with van der Waals surface area (Å²) >= 11 is 0. The fourth-order valence-corrected chi connectivity index (χ4v) is 4.99. The highest BCUT2D eigenvalue weighted by molar-refractivity contribution is 7.89. The van der Waals surface area contributed by atoms with Gasteiger partial charge in [0.05, 0.1) is 30.3 Å². The summed E-state index contributed by atoms with van der Waals surface area (Å²) in [5.74, 6) is -1.30. The van der Waals surface area contributed by atoms with Crippen molar-refractivity contribution in [1.29, 1.82) is 0 Å². The van der Waals surface area contributed by atoms with E-state index in [1.54, 1.807) is 12.1 Å². The van der Waals surface area contributed by atoms with E-state index in [9.17, 15) is 22.4 Å². The molecule has 2 aromatic rings. The van der Waals surface area contributed by atoms with Gasteiger partial charge in [0.25, 0.3) is 5.91 Å². The SMILES string of the molecule is O=C1CN(S(=O)(=O)c2ccc(C(=O)Nc3ccc(N4CCOCC4)c(F)c3)cc2)CCN1. The predicted octanol–water partition coefficient (Wildman–Crippen LogP) is 1.04. The van der Waals surface area contributed by atoms with Crippen molar-refractivity contribution in [3.05, 3.63) is 53.8 Å². The van der Waals surface area contributed by atoms with Gasteiger partial charge in [-0.3, -0.25) is 9.59 Å². The standard InChI is InChI=1S/C21H23FN4O5S/c22-18-13-16(3-6-19(18)25-9-11-31-12-10-25)24-21(28)15-1-4-17(5-2-15)32(29,30)26-8-7-23-20(27)14-26/h1-6,13H,7-12,14H2,(H,23,27)(H,24,28). The van der Waals surface area contributed by atoms with Crippen molar-refractivity contribution in [1.82, 2.24) is 9.62 Å². The highest BCUT2D eigenvalue weighted by Crippen LogP contribution is 2.24. The number of piperazine rings is 1. The molecular formula is C21H23FN4O5S. The molecule has 0 spiro atoms. The molecule has 32 heavy (non-hydrogen) atoms. The molecule has 2 amide bonds. The summed E-state index contributed by atoms with van der Waals surface area (Å²) in [4.78, 5) is 25.9. The highest BCUT2D eigenvalue weighted by atomic mass is 32.2. The van der Waals surface area contributed by atoms with Crippen molar-refractivity contribution in [2.75, 3.05) is 56.2 Å². The van der Waals surface area contributed by atoms with Crippen LogP contribution < -0.4 is 15.5 Å². The first-order valence-corrected chi connectivity index (χ1v) is 11.6. The summed E-state index contributed by atoms with van der Waals surface area (Å²) in [5, 5.41) is 5.20. The topological polar surface area (TPSA) is 108 Å². The van der Waals surface area contributed by atoms with Gasteiger partial charge in [0.1, 0.15) is 5.82 Å². The first kappa shape index (κ1) is 22.2. The number of hydrogen-bond acceptors (Lipinski definition) is 6. The molecule has 9 nitrogen and oxygen atoms in total. The first-order valence-electron chi connectivity index (χ1n) is 10.1. The molecule has 0 unspecified atom stereocenters. The Labute approximate surface area is 185 Å². The number of halogens is 1. The van der Waals surface area contributed by atoms with E-state index in [0.717, 1.165) is 4.31 Å². The molecule has 170 valence electrons. The van der Waals surface area contributed by atoms with Crippen LogP contribution in [0.5, 0.6) is 0 Å². The molecule has 2 fully saturated rings. The average molecular weight is 463 g/mol. The quantitative estimate of drug-likeness (QED) is 0.688. The van der Waals surface area contributed by atoms with Crippen molar-refractivity contribution in [3.8, 4) is 0 Å². The summed E-state index contributed by atoms with van der Waals surface area (Å²) < 4.78 is 46.3. The third-order valence-corrected chi connectivity index (χ3v) is 7.17. The molecule has 2 aliphatic heterocycles. The number of amides is 2. The number of rotatable bonds is 5. The summed E-state index contributed by atoms with van der Waals surface area (Å²) in [5.41, 5.74) is 0.964. The van der Waals surface area contributed by atoms with Crippen LogP contribution >= 0.6 is 0 Å². The second kappa shape index (κ2) is 9.23. The number of morpholine rings is 1. The molecule has 0 atom stereocenters.